The third-order valence-corrected chi connectivity index (χ3v) is 5.61. The molecule has 0 radical (unpaired) electrons. The summed E-state index contributed by atoms with van der Waals surface area (Å²) >= 11 is 0. The van der Waals surface area contributed by atoms with Crippen LogP contribution in [0.3, 0.4) is 0 Å². The van der Waals surface area contributed by atoms with E-state index < -0.39 is 40.7 Å². The summed E-state index contributed by atoms with van der Waals surface area (Å²) in [5, 5.41) is 7.60. The second-order valence-corrected chi connectivity index (χ2v) is 8.17. The lowest BCUT2D eigenvalue weighted by Crippen LogP contribution is -2.43. The smallest absolute Gasteiger partial charge is 0.323 e. The van der Waals surface area contributed by atoms with Crippen molar-refractivity contribution in [3.05, 3.63) is 78.0 Å². The zero-order chi connectivity index (χ0) is 25.9. The number of piperazine rings is 1. The van der Waals surface area contributed by atoms with E-state index in [0.717, 1.165) is 32.2 Å². The predicted molar refractivity (Wildman–Crippen MR) is 130 cm³/mol. The Labute approximate surface area is 208 Å². The summed E-state index contributed by atoms with van der Waals surface area (Å²) in [5.74, 6) is -5.38. The lowest BCUT2D eigenvalue weighted by Gasteiger charge is -2.28. The monoisotopic (exact) mass is 512 g/mol. The minimum absolute atomic E-state index is 0.0159. The van der Waals surface area contributed by atoms with Crippen molar-refractivity contribution in [3.63, 3.8) is 0 Å². The number of anilines is 3. The molecule has 12 heteroatoms. The molecule has 37 heavy (non-hydrogen) atoms. The molecule has 5 rings (SSSR count). The highest BCUT2D eigenvalue weighted by molar-refractivity contribution is 6.00. The highest BCUT2D eigenvalue weighted by atomic mass is 19.2. The maximum absolute atomic E-state index is 15.1. The summed E-state index contributed by atoms with van der Waals surface area (Å²) in [6.07, 6.45) is 1.65. The van der Waals surface area contributed by atoms with Crippen LogP contribution >= 0.6 is 0 Å². The zero-order valence-electron chi connectivity index (χ0n) is 19.2. The van der Waals surface area contributed by atoms with E-state index >= 15 is 4.39 Å². The number of hydrogen-bond acceptors (Lipinski definition) is 6. The van der Waals surface area contributed by atoms with Crippen molar-refractivity contribution in [2.45, 2.75) is 0 Å². The minimum atomic E-state index is -1.57. The van der Waals surface area contributed by atoms with Gasteiger partial charge >= 0.3 is 6.03 Å². The van der Waals surface area contributed by atoms with Gasteiger partial charge in [-0.15, -0.1) is 0 Å². The molecule has 1 aliphatic heterocycles. The normalized spacial score (nSPS) is 13.5. The Morgan fingerprint density at radius 1 is 0.946 bits per heavy atom. The van der Waals surface area contributed by atoms with Crippen LogP contribution in [0.2, 0.25) is 0 Å². The fraction of sp³-hybridized carbons (Fsp3) is 0.160. The van der Waals surface area contributed by atoms with Crippen LogP contribution in [0.1, 0.15) is 0 Å². The van der Waals surface area contributed by atoms with Gasteiger partial charge in [-0.25, -0.2) is 22.9 Å². The van der Waals surface area contributed by atoms with E-state index in [1.165, 1.54) is 30.3 Å². The first-order valence-electron chi connectivity index (χ1n) is 11.3. The van der Waals surface area contributed by atoms with E-state index in [4.69, 9.17) is 4.74 Å². The van der Waals surface area contributed by atoms with Gasteiger partial charge in [0.05, 0.1) is 22.9 Å². The Kier molecular flexibility index (Phi) is 6.73. The molecule has 1 saturated heterocycles. The SMILES string of the molecule is O=C(Nc1cccc(F)c1)Nc1cc(F)c(F)c(Oc2ccc3ncc(N4CCNCC4)nc3c2)c1F. The maximum atomic E-state index is 15.1. The largest absolute Gasteiger partial charge is 0.451 e. The number of rotatable bonds is 5. The van der Waals surface area contributed by atoms with E-state index in [-0.39, 0.29) is 11.4 Å². The topological polar surface area (TPSA) is 91.4 Å². The lowest BCUT2D eigenvalue weighted by atomic mass is 10.2. The van der Waals surface area contributed by atoms with Crippen molar-refractivity contribution in [1.29, 1.82) is 0 Å². The van der Waals surface area contributed by atoms with Crippen molar-refractivity contribution in [3.8, 4) is 11.5 Å². The fourth-order valence-corrected chi connectivity index (χ4v) is 3.82. The Bertz CT molecular complexity index is 1480. The number of benzene rings is 3. The number of fused-ring (bicyclic) bond motifs is 1. The summed E-state index contributed by atoms with van der Waals surface area (Å²) in [6, 6.07) is 8.84. The molecule has 1 fully saturated rings. The first-order chi connectivity index (χ1) is 17.9. The predicted octanol–water partition coefficient (Wildman–Crippen LogP) is 5.03. The molecule has 0 aliphatic carbocycles. The highest BCUT2D eigenvalue weighted by Gasteiger charge is 2.23. The molecule has 190 valence electrons. The van der Waals surface area contributed by atoms with Crippen molar-refractivity contribution in [1.82, 2.24) is 15.3 Å². The van der Waals surface area contributed by atoms with Gasteiger partial charge in [0.2, 0.25) is 11.6 Å². The Morgan fingerprint density at radius 2 is 1.76 bits per heavy atom. The Morgan fingerprint density at radius 3 is 2.54 bits per heavy atom. The number of halogens is 4. The number of carbonyl (C=O) groups excluding carboxylic acids is 1. The molecule has 3 aromatic carbocycles. The molecular weight excluding hydrogens is 492 g/mol. The van der Waals surface area contributed by atoms with Crippen LogP contribution in [0, 0.1) is 23.3 Å². The maximum Gasteiger partial charge on any atom is 0.323 e. The number of amides is 2. The van der Waals surface area contributed by atoms with Gasteiger partial charge in [-0.3, -0.25) is 4.98 Å². The van der Waals surface area contributed by atoms with Crippen LogP contribution in [-0.4, -0.2) is 42.2 Å². The van der Waals surface area contributed by atoms with Crippen molar-refractivity contribution in [2.24, 2.45) is 0 Å². The van der Waals surface area contributed by atoms with Gasteiger partial charge in [-0.05, 0) is 30.3 Å². The molecule has 1 aliphatic rings. The molecule has 8 nitrogen and oxygen atoms in total. The molecule has 3 N–H and O–H groups in total. The summed E-state index contributed by atoms with van der Waals surface area (Å²) in [4.78, 5) is 23.2. The first kappa shape index (κ1) is 24.3. The van der Waals surface area contributed by atoms with Crippen molar-refractivity contribution >= 4 is 34.3 Å². The van der Waals surface area contributed by atoms with E-state index in [0.29, 0.717) is 22.9 Å². The Hall–Kier alpha value is -4.45. The van der Waals surface area contributed by atoms with Gasteiger partial charge in [0.15, 0.2) is 11.6 Å². The van der Waals surface area contributed by atoms with E-state index in [9.17, 15) is 18.0 Å². The molecular formula is C25H20F4N6O2. The first-order valence-corrected chi connectivity index (χ1v) is 11.3. The Balaban J connectivity index is 1.39. The molecule has 2 amide bonds. The third kappa shape index (κ3) is 5.38. The molecule has 0 saturated carbocycles. The molecule has 2 heterocycles. The van der Waals surface area contributed by atoms with Gasteiger partial charge in [-0.2, -0.15) is 4.39 Å². The molecule has 0 spiro atoms. The van der Waals surface area contributed by atoms with Gasteiger partial charge in [0.25, 0.3) is 0 Å². The average Bonchev–Trinajstić information content (AvgIpc) is 2.90. The average molecular weight is 512 g/mol. The number of urea groups is 1. The third-order valence-electron chi connectivity index (χ3n) is 5.61. The number of aromatic nitrogens is 2. The van der Waals surface area contributed by atoms with E-state index in [1.807, 2.05) is 0 Å². The number of carbonyl (C=O) groups is 1. The second kappa shape index (κ2) is 10.3. The molecule has 0 atom stereocenters. The molecule has 1 aromatic heterocycles. The van der Waals surface area contributed by atoms with E-state index in [2.05, 4.69) is 30.8 Å². The van der Waals surface area contributed by atoms with Gasteiger partial charge in [0.1, 0.15) is 17.4 Å². The van der Waals surface area contributed by atoms with Crippen LogP contribution in [0.5, 0.6) is 11.5 Å². The van der Waals surface area contributed by atoms with Crippen LogP contribution in [0.25, 0.3) is 11.0 Å². The van der Waals surface area contributed by atoms with Gasteiger partial charge in [0, 0.05) is 44.0 Å². The number of hydrogen-bond donors (Lipinski definition) is 3. The second-order valence-electron chi connectivity index (χ2n) is 8.17. The zero-order valence-corrected chi connectivity index (χ0v) is 19.2. The minimum Gasteiger partial charge on any atom is -0.451 e. The molecule has 0 unspecified atom stereocenters. The summed E-state index contributed by atoms with van der Waals surface area (Å²) in [6.45, 7) is 3.10. The molecule has 4 aromatic rings. The van der Waals surface area contributed by atoms with Crippen molar-refractivity contribution in [2.75, 3.05) is 41.7 Å². The summed E-state index contributed by atoms with van der Waals surface area (Å²) in [7, 11) is 0. The molecule has 0 bridgehead atoms. The van der Waals surface area contributed by atoms with Gasteiger partial charge < -0.3 is 25.6 Å². The number of ether oxygens (including phenoxy) is 1. The highest BCUT2D eigenvalue weighted by Crippen LogP contribution is 2.35. The van der Waals surface area contributed by atoms with Crippen LogP contribution < -0.4 is 25.6 Å². The van der Waals surface area contributed by atoms with E-state index in [1.54, 1.807) is 12.3 Å². The number of nitrogens with zero attached hydrogens (tertiary/aromatic N) is 3. The van der Waals surface area contributed by atoms with Crippen molar-refractivity contribution < 1.29 is 27.1 Å². The quantitative estimate of drug-likeness (QED) is 0.257. The lowest BCUT2D eigenvalue weighted by molar-refractivity contribution is 0.262. The van der Waals surface area contributed by atoms with Crippen LogP contribution in [0.15, 0.2) is 54.7 Å². The fourth-order valence-electron chi connectivity index (χ4n) is 3.82. The number of nitrogens with one attached hydrogen (secondary N) is 3. The van der Waals surface area contributed by atoms with Crippen LogP contribution in [-0.2, 0) is 0 Å². The standard InChI is InChI=1S/C25H20F4N6O2/c26-14-2-1-3-15(10-14)32-25(36)34-20-12-17(27)22(28)24(23(20)29)37-16-4-5-18-19(11-16)33-21(13-31-18)35-8-6-30-7-9-35/h1-5,10-13,30H,6-9H2,(H2,32,34,36). The summed E-state index contributed by atoms with van der Waals surface area (Å²) < 4.78 is 62.6. The van der Waals surface area contributed by atoms with Gasteiger partial charge in [-0.1, -0.05) is 6.07 Å². The van der Waals surface area contributed by atoms with Crippen LogP contribution in [0.4, 0.5) is 39.5 Å². The summed E-state index contributed by atoms with van der Waals surface area (Å²) in [5.41, 5.74) is 0.347.